The molecule has 1 aliphatic heterocycles. The minimum Gasteiger partial charge on any atom is -0.313 e. The average Bonchev–Trinajstić information content (AvgIpc) is 2.35. The highest BCUT2D eigenvalue weighted by molar-refractivity contribution is 5.07. The van der Waals surface area contributed by atoms with E-state index < -0.39 is 0 Å². The van der Waals surface area contributed by atoms with Gasteiger partial charge >= 0.3 is 0 Å². The third kappa shape index (κ3) is 3.26. The summed E-state index contributed by atoms with van der Waals surface area (Å²) >= 11 is 0. The van der Waals surface area contributed by atoms with Crippen LogP contribution in [0.3, 0.4) is 0 Å². The van der Waals surface area contributed by atoms with Gasteiger partial charge < -0.3 is 5.01 Å². The van der Waals surface area contributed by atoms with Crippen LogP contribution < -0.4 is 5.43 Å². The average molecular weight is 170 g/mol. The molecule has 0 aromatic carbocycles. The van der Waals surface area contributed by atoms with Gasteiger partial charge in [-0.05, 0) is 26.3 Å². The summed E-state index contributed by atoms with van der Waals surface area (Å²) in [6.07, 6.45) is 3.44. The van der Waals surface area contributed by atoms with Crippen LogP contribution in [0, 0.1) is 0 Å². The highest BCUT2D eigenvalue weighted by Crippen LogP contribution is 2.10. The third-order valence-corrected chi connectivity index (χ3v) is 1.72. The van der Waals surface area contributed by atoms with E-state index in [4.69, 9.17) is 0 Å². The second-order valence-electron chi connectivity index (χ2n) is 2.88. The van der Waals surface area contributed by atoms with Crippen molar-refractivity contribution >= 4 is 0 Å². The fourth-order valence-corrected chi connectivity index (χ4v) is 1.30. The van der Waals surface area contributed by atoms with Crippen molar-refractivity contribution in [1.29, 1.82) is 0 Å². The minimum absolute atomic E-state index is 0.520. The largest absolute Gasteiger partial charge is 0.313 e. The van der Waals surface area contributed by atoms with Crippen molar-refractivity contribution in [3.63, 3.8) is 0 Å². The predicted molar refractivity (Wildman–Crippen MR) is 54.7 cm³/mol. The summed E-state index contributed by atoms with van der Waals surface area (Å²) in [7, 11) is 0. The molecular weight excluding hydrogens is 148 g/mol. The van der Waals surface area contributed by atoms with Gasteiger partial charge in [-0.25, -0.2) is 5.43 Å². The van der Waals surface area contributed by atoms with Crippen LogP contribution >= 0.6 is 0 Å². The zero-order chi connectivity index (χ0) is 9.56. The van der Waals surface area contributed by atoms with Crippen molar-refractivity contribution in [2.75, 3.05) is 6.54 Å². The number of hydrogen-bond acceptors (Lipinski definition) is 2. The summed E-state index contributed by atoms with van der Waals surface area (Å²) in [6.45, 7) is 11.6. The van der Waals surface area contributed by atoms with E-state index in [9.17, 15) is 0 Å². The summed E-state index contributed by atoms with van der Waals surface area (Å²) in [5.41, 5.74) is 4.70. The van der Waals surface area contributed by atoms with E-state index in [0.717, 1.165) is 6.54 Å². The van der Waals surface area contributed by atoms with E-state index in [1.165, 1.54) is 12.1 Å². The van der Waals surface area contributed by atoms with Crippen molar-refractivity contribution in [3.8, 4) is 0 Å². The van der Waals surface area contributed by atoms with Crippen molar-refractivity contribution in [2.45, 2.75) is 47.1 Å². The number of nitrogens with zero attached hydrogens (tertiary/aromatic N) is 1. The molecule has 1 heterocycles. The van der Waals surface area contributed by atoms with Gasteiger partial charge in [-0.15, -0.1) is 0 Å². The Balaban J connectivity index is 0.000000561. The van der Waals surface area contributed by atoms with Crippen LogP contribution in [-0.2, 0) is 0 Å². The number of hydrazine groups is 1. The Morgan fingerprint density at radius 3 is 2.42 bits per heavy atom. The van der Waals surface area contributed by atoms with Gasteiger partial charge in [0.25, 0.3) is 0 Å². The van der Waals surface area contributed by atoms with E-state index in [-0.39, 0.29) is 0 Å². The molecule has 0 aromatic heterocycles. The molecule has 1 atom stereocenters. The van der Waals surface area contributed by atoms with Gasteiger partial charge in [0.1, 0.15) is 0 Å². The predicted octanol–water partition coefficient (Wildman–Crippen LogP) is 2.54. The second-order valence-corrected chi connectivity index (χ2v) is 2.88. The third-order valence-electron chi connectivity index (χ3n) is 1.72. The van der Waals surface area contributed by atoms with Crippen LogP contribution in [0.15, 0.2) is 11.8 Å². The molecule has 2 nitrogen and oxygen atoms in total. The molecule has 72 valence electrons. The van der Waals surface area contributed by atoms with E-state index in [1.807, 2.05) is 13.8 Å². The summed E-state index contributed by atoms with van der Waals surface area (Å²) in [5, 5.41) is 2.21. The topological polar surface area (TPSA) is 15.3 Å². The van der Waals surface area contributed by atoms with Gasteiger partial charge in [0.2, 0.25) is 0 Å². The number of rotatable bonds is 2. The first kappa shape index (κ1) is 11.5. The van der Waals surface area contributed by atoms with Crippen molar-refractivity contribution in [3.05, 3.63) is 11.8 Å². The Morgan fingerprint density at radius 1 is 1.50 bits per heavy atom. The first-order valence-corrected chi connectivity index (χ1v) is 4.96. The van der Waals surface area contributed by atoms with Crippen LogP contribution in [-0.4, -0.2) is 17.6 Å². The highest BCUT2D eigenvalue weighted by Gasteiger charge is 2.13. The Bertz CT molecular complexity index is 141. The Hall–Kier alpha value is -0.500. The van der Waals surface area contributed by atoms with Crippen molar-refractivity contribution in [2.24, 2.45) is 0 Å². The normalized spacial score (nSPS) is 21.6. The first-order valence-electron chi connectivity index (χ1n) is 4.96. The van der Waals surface area contributed by atoms with Gasteiger partial charge in [0.15, 0.2) is 0 Å². The monoisotopic (exact) mass is 170 g/mol. The lowest BCUT2D eigenvalue weighted by molar-refractivity contribution is 0.260. The first-order chi connectivity index (χ1) is 5.74. The molecule has 2 heteroatoms. The summed E-state index contributed by atoms with van der Waals surface area (Å²) in [5.74, 6) is 0. The van der Waals surface area contributed by atoms with Crippen LogP contribution in [0.1, 0.15) is 41.0 Å². The standard InChI is InChI=1S/C8H16N2.C2H6/c1-4-5-10-8(3)6-7(2)9-10;1-2/h6-7,9H,4-5H2,1-3H3;1-2H3. The molecule has 12 heavy (non-hydrogen) atoms. The number of nitrogens with one attached hydrogen (secondary N) is 1. The SMILES string of the molecule is CC.CCCN1NC(C)C=C1C. The molecule has 1 rings (SSSR count). The molecule has 1 aliphatic rings. The number of allylic oxidation sites excluding steroid dienone is 1. The van der Waals surface area contributed by atoms with E-state index >= 15 is 0 Å². The molecule has 0 saturated carbocycles. The molecule has 1 N–H and O–H groups in total. The van der Waals surface area contributed by atoms with Gasteiger partial charge in [0, 0.05) is 18.3 Å². The summed E-state index contributed by atoms with van der Waals surface area (Å²) in [4.78, 5) is 0. The lowest BCUT2D eigenvalue weighted by Gasteiger charge is -2.20. The smallest absolute Gasteiger partial charge is 0.0434 e. The van der Waals surface area contributed by atoms with E-state index in [0.29, 0.717) is 6.04 Å². The molecule has 0 saturated heterocycles. The molecule has 0 bridgehead atoms. The Morgan fingerprint density at radius 2 is 2.08 bits per heavy atom. The van der Waals surface area contributed by atoms with Gasteiger partial charge in [-0.3, -0.25) is 0 Å². The van der Waals surface area contributed by atoms with Crippen molar-refractivity contribution < 1.29 is 0 Å². The Labute approximate surface area is 76.6 Å². The number of hydrogen-bond donors (Lipinski definition) is 1. The lowest BCUT2D eigenvalue weighted by atomic mass is 10.3. The molecular formula is C10H22N2. The molecule has 0 aromatic rings. The molecule has 1 unspecified atom stereocenters. The van der Waals surface area contributed by atoms with E-state index in [1.54, 1.807) is 0 Å². The molecule has 0 amide bonds. The zero-order valence-electron chi connectivity index (χ0n) is 9.02. The van der Waals surface area contributed by atoms with Gasteiger partial charge in [0.05, 0.1) is 0 Å². The molecule has 0 radical (unpaired) electrons. The summed E-state index contributed by atoms with van der Waals surface area (Å²) < 4.78 is 0. The van der Waals surface area contributed by atoms with Crippen LogP contribution in [0.2, 0.25) is 0 Å². The van der Waals surface area contributed by atoms with Gasteiger partial charge in [-0.2, -0.15) is 0 Å². The van der Waals surface area contributed by atoms with Crippen LogP contribution in [0.25, 0.3) is 0 Å². The summed E-state index contributed by atoms with van der Waals surface area (Å²) in [6, 6.07) is 0.520. The quantitative estimate of drug-likeness (QED) is 0.685. The fourth-order valence-electron chi connectivity index (χ4n) is 1.30. The van der Waals surface area contributed by atoms with Crippen LogP contribution in [0.4, 0.5) is 0 Å². The fraction of sp³-hybridized carbons (Fsp3) is 0.800. The molecule has 0 spiro atoms. The van der Waals surface area contributed by atoms with Gasteiger partial charge in [-0.1, -0.05) is 20.8 Å². The lowest BCUT2D eigenvalue weighted by Crippen LogP contribution is -2.35. The van der Waals surface area contributed by atoms with Crippen molar-refractivity contribution in [1.82, 2.24) is 10.4 Å². The zero-order valence-corrected chi connectivity index (χ0v) is 9.02. The maximum Gasteiger partial charge on any atom is 0.0434 e. The maximum atomic E-state index is 3.35. The highest BCUT2D eigenvalue weighted by atomic mass is 15.5. The minimum atomic E-state index is 0.520. The van der Waals surface area contributed by atoms with E-state index in [2.05, 4.69) is 37.3 Å². The second kappa shape index (κ2) is 6.06. The molecule has 0 fully saturated rings. The maximum absolute atomic E-state index is 3.35. The Kier molecular flexibility index (Phi) is 5.81. The molecule has 0 aliphatic carbocycles. The van der Waals surface area contributed by atoms with Crippen LogP contribution in [0.5, 0.6) is 0 Å².